The lowest BCUT2D eigenvalue weighted by atomic mass is 10.2. The number of aromatic hydroxyl groups is 1. The second kappa shape index (κ2) is 5.63. The summed E-state index contributed by atoms with van der Waals surface area (Å²) >= 11 is 4.75. The van der Waals surface area contributed by atoms with E-state index in [-0.39, 0.29) is 11.7 Å². The monoisotopic (exact) mass is 341 g/mol. The number of aryl methyl sites for hydroxylation is 1. The Balaban J connectivity index is 2.17. The van der Waals surface area contributed by atoms with Crippen LogP contribution in [0.4, 0.5) is 5.69 Å². The van der Waals surface area contributed by atoms with Crippen molar-refractivity contribution in [2.75, 3.05) is 12.4 Å². The third kappa shape index (κ3) is 3.08. The number of halogens is 1. The molecule has 1 heterocycles. The smallest absolute Gasteiger partial charge is 0.265 e. The number of phenolic OH excluding ortho intramolecular Hbond substituents is 1. The minimum Gasteiger partial charge on any atom is -0.504 e. The second-order valence-corrected chi connectivity index (χ2v) is 6.28. The highest BCUT2D eigenvalue weighted by Gasteiger charge is 2.12. The van der Waals surface area contributed by atoms with Crippen molar-refractivity contribution in [2.45, 2.75) is 6.92 Å². The Hall–Kier alpha value is -1.53. The average Bonchev–Trinajstić information content (AvgIpc) is 2.70. The quantitative estimate of drug-likeness (QED) is 0.892. The number of anilines is 1. The number of hydrogen-bond acceptors (Lipinski definition) is 4. The normalized spacial score (nSPS) is 10.3. The highest BCUT2D eigenvalue weighted by molar-refractivity contribution is 9.11. The molecule has 19 heavy (non-hydrogen) atoms. The van der Waals surface area contributed by atoms with Crippen molar-refractivity contribution in [2.24, 2.45) is 0 Å². The van der Waals surface area contributed by atoms with E-state index in [0.29, 0.717) is 16.3 Å². The lowest BCUT2D eigenvalue weighted by Gasteiger charge is -2.07. The molecule has 1 aromatic heterocycles. The molecule has 4 nitrogen and oxygen atoms in total. The second-order valence-electron chi connectivity index (χ2n) is 3.91. The van der Waals surface area contributed by atoms with Crippen LogP contribution in [0.2, 0.25) is 0 Å². The van der Waals surface area contributed by atoms with Crippen LogP contribution in [0.3, 0.4) is 0 Å². The molecule has 0 fully saturated rings. The Kier molecular flexibility index (Phi) is 4.11. The summed E-state index contributed by atoms with van der Waals surface area (Å²) in [4.78, 5) is 12.6. The van der Waals surface area contributed by atoms with E-state index in [9.17, 15) is 9.90 Å². The molecule has 0 aliphatic carbocycles. The van der Waals surface area contributed by atoms with Crippen molar-refractivity contribution in [3.63, 3.8) is 0 Å². The first-order valence-corrected chi connectivity index (χ1v) is 7.06. The van der Waals surface area contributed by atoms with Crippen molar-refractivity contribution in [1.82, 2.24) is 0 Å². The van der Waals surface area contributed by atoms with Gasteiger partial charge in [-0.15, -0.1) is 11.3 Å². The summed E-state index contributed by atoms with van der Waals surface area (Å²) in [6.07, 6.45) is 0. The molecule has 0 atom stereocenters. The molecule has 1 aromatic carbocycles. The summed E-state index contributed by atoms with van der Waals surface area (Å²) in [5.41, 5.74) is 1.54. The molecule has 0 saturated heterocycles. The molecule has 100 valence electrons. The molecule has 0 aliphatic rings. The number of methoxy groups -OCH3 is 1. The first kappa shape index (κ1) is 13.9. The zero-order valence-electron chi connectivity index (χ0n) is 10.4. The predicted molar refractivity (Wildman–Crippen MR) is 79.4 cm³/mol. The van der Waals surface area contributed by atoms with Gasteiger partial charge in [-0.05, 0) is 46.6 Å². The van der Waals surface area contributed by atoms with E-state index in [1.807, 2.05) is 13.0 Å². The zero-order chi connectivity index (χ0) is 14.0. The minimum atomic E-state index is -0.205. The van der Waals surface area contributed by atoms with Gasteiger partial charge in [0.05, 0.1) is 15.8 Å². The Morgan fingerprint density at radius 1 is 1.42 bits per heavy atom. The van der Waals surface area contributed by atoms with Gasteiger partial charge in [-0.1, -0.05) is 0 Å². The van der Waals surface area contributed by atoms with Gasteiger partial charge in [-0.25, -0.2) is 0 Å². The summed E-state index contributed by atoms with van der Waals surface area (Å²) in [6, 6.07) is 6.53. The molecule has 0 bridgehead atoms. The maximum atomic E-state index is 12.0. The largest absolute Gasteiger partial charge is 0.504 e. The van der Waals surface area contributed by atoms with Gasteiger partial charge in [0.25, 0.3) is 5.91 Å². The van der Waals surface area contributed by atoms with E-state index in [1.54, 1.807) is 12.1 Å². The minimum absolute atomic E-state index is 0.0103. The maximum absolute atomic E-state index is 12.0. The Labute approximate surface area is 123 Å². The van der Waals surface area contributed by atoms with Gasteiger partial charge < -0.3 is 15.2 Å². The lowest BCUT2D eigenvalue weighted by molar-refractivity contribution is 0.103. The van der Waals surface area contributed by atoms with Crippen LogP contribution in [0.15, 0.2) is 28.1 Å². The Morgan fingerprint density at radius 2 is 2.16 bits per heavy atom. The van der Waals surface area contributed by atoms with Gasteiger partial charge >= 0.3 is 0 Å². The first-order chi connectivity index (χ1) is 9.01. The van der Waals surface area contributed by atoms with Gasteiger partial charge in [0, 0.05) is 11.8 Å². The highest BCUT2D eigenvalue weighted by atomic mass is 79.9. The molecule has 0 spiro atoms. The fraction of sp³-hybridized carbons (Fsp3) is 0.154. The number of amides is 1. The molecule has 2 aromatic rings. The summed E-state index contributed by atoms with van der Waals surface area (Å²) in [5.74, 6) is 0.153. The highest BCUT2D eigenvalue weighted by Crippen LogP contribution is 2.30. The van der Waals surface area contributed by atoms with Crippen LogP contribution >= 0.6 is 27.3 Å². The van der Waals surface area contributed by atoms with Crippen LogP contribution in [0, 0.1) is 6.92 Å². The van der Waals surface area contributed by atoms with Gasteiger partial charge in [0.15, 0.2) is 11.5 Å². The maximum Gasteiger partial charge on any atom is 0.265 e. The number of ether oxygens (including phenoxy) is 1. The number of thiophene rings is 1. The van der Waals surface area contributed by atoms with Crippen molar-refractivity contribution >= 4 is 38.9 Å². The fourth-order valence-corrected chi connectivity index (χ4v) is 2.96. The summed E-state index contributed by atoms with van der Waals surface area (Å²) < 4.78 is 5.88. The topological polar surface area (TPSA) is 58.6 Å². The fourth-order valence-electron chi connectivity index (χ4n) is 1.53. The standard InChI is InChI=1S/C13H12BrNO3S/c1-7-5-11(19-12(7)14)13(17)15-8-3-4-10(18-2)9(16)6-8/h3-6,16H,1-2H3,(H,15,17). The molecule has 1 amide bonds. The van der Waals surface area contributed by atoms with Crippen molar-refractivity contribution in [3.05, 3.63) is 38.5 Å². The SMILES string of the molecule is COc1ccc(NC(=O)c2cc(C)c(Br)s2)cc1O. The number of rotatable bonds is 3. The average molecular weight is 342 g/mol. The van der Waals surface area contributed by atoms with Crippen LogP contribution < -0.4 is 10.1 Å². The predicted octanol–water partition coefficient (Wildman–Crippen LogP) is 3.79. The van der Waals surface area contributed by atoms with Crippen LogP contribution in [0.1, 0.15) is 15.2 Å². The van der Waals surface area contributed by atoms with Gasteiger partial charge in [0.2, 0.25) is 0 Å². The van der Waals surface area contributed by atoms with Gasteiger partial charge in [-0.3, -0.25) is 4.79 Å². The Morgan fingerprint density at radius 3 is 2.68 bits per heavy atom. The number of benzene rings is 1. The summed E-state index contributed by atoms with van der Waals surface area (Å²) in [6.45, 7) is 1.93. The van der Waals surface area contributed by atoms with E-state index in [0.717, 1.165) is 9.35 Å². The molecule has 0 radical (unpaired) electrons. The lowest BCUT2D eigenvalue weighted by Crippen LogP contribution is -2.09. The zero-order valence-corrected chi connectivity index (χ0v) is 12.8. The van der Waals surface area contributed by atoms with Crippen LogP contribution in [0.25, 0.3) is 0 Å². The molecule has 2 rings (SSSR count). The molecular weight excluding hydrogens is 330 g/mol. The summed E-state index contributed by atoms with van der Waals surface area (Å²) in [7, 11) is 1.47. The summed E-state index contributed by atoms with van der Waals surface area (Å²) in [5, 5.41) is 12.4. The van der Waals surface area contributed by atoms with Crippen molar-refractivity contribution in [1.29, 1.82) is 0 Å². The molecule has 0 saturated carbocycles. The van der Waals surface area contributed by atoms with E-state index < -0.39 is 0 Å². The number of phenols is 1. The third-order valence-electron chi connectivity index (χ3n) is 2.52. The van der Waals surface area contributed by atoms with Crippen molar-refractivity contribution < 1.29 is 14.6 Å². The van der Waals surface area contributed by atoms with Crippen LogP contribution in [-0.2, 0) is 0 Å². The van der Waals surface area contributed by atoms with Crippen LogP contribution in [-0.4, -0.2) is 18.1 Å². The molecular formula is C13H12BrNO3S. The van der Waals surface area contributed by atoms with E-state index >= 15 is 0 Å². The van der Waals surface area contributed by atoms with Crippen LogP contribution in [0.5, 0.6) is 11.5 Å². The molecule has 2 N–H and O–H groups in total. The third-order valence-corrected chi connectivity index (χ3v) is 4.65. The van der Waals surface area contributed by atoms with Crippen molar-refractivity contribution in [3.8, 4) is 11.5 Å². The van der Waals surface area contributed by atoms with E-state index in [1.165, 1.54) is 24.5 Å². The van der Waals surface area contributed by atoms with Gasteiger partial charge in [0.1, 0.15) is 0 Å². The number of hydrogen-bond donors (Lipinski definition) is 2. The van der Waals surface area contributed by atoms with E-state index in [2.05, 4.69) is 21.2 Å². The first-order valence-electron chi connectivity index (χ1n) is 5.45. The molecule has 6 heteroatoms. The van der Waals surface area contributed by atoms with Gasteiger partial charge in [-0.2, -0.15) is 0 Å². The number of nitrogens with one attached hydrogen (secondary N) is 1. The molecule has 0 unspecified atom stereocenters. The Bertz CT molecular complexity index is 605. The number of carbonyl (C=O) groups excluding carboxylic acids is 1. The number of carbonyl (C=O) groups is 1. The molecule has 0 aliphatic heterocycles. The van der Waals surface area contributed by atoms with E-state index in [4.69, 9.17) is 4.74 Å².